The predicted molar refractivity (Wildman–Crippen MR) is 79.9 cm³/mol. The molecule has 0 aromatic carbocycles. The highest BCUT2D eigenvalue weighted by molar-refractivity contribution is 5.89. The molecule has 2 rings (SSSR count). The molecule has 2 heterocycles. The molecule has 2 saturated heterocycles. The minimum atomic E-state index is -0.366. The third-order valence-corrected chi connectivity index (χ3v) is 4.18. The second kappa shape index (κ2) is 8.34. The van der Waals surface area contributed by atoms with Crippen molar-refractivity contribution in [2.45, 2.75) is 38.6 Å². The first-order valence-electron chi connectivity index (χ1n) is 8.10. The summed E-state index contributed by atoms with van der Waals surface area (Å²) < 4.78 is 5.31. The van der Waals surface area contributed by atoms with Crippen LogP contribution in [0.3, 0.4) is 0 Å². The SMILES string of the molecule is CCOCCN1CCNC(CC(=O)N2CCCCC2)C1=O. The Bertz CT molecular complexity index is 356. The van der Waals surface area contributed by atoms with Gasteiger partial charge in [0.1, 0.15) is 0 Å². The van der Waals surface area contributed by atoms with Crippen molar-refractivity contribution in [2.24, 2.45) is 0 Å². The Labute approximate surface area is 126 Å². The van der Waals surface area contributed by atoms with Crippen molar-refractivity contribution in [1.29, 1.82) is 0 Å². The first kappa shape index (κ1) is 16.2. The molecular weight excluding hydrogens is 270 g/mol. The molecule has 0 bridgehead atoms. The predicted octanol–water partition coefficient (Wildman–Crippen LogP) is 0.226. The zero-order chi connectivity index (χ0) is 15.1. The highest BCUT2D eigenvalue weighted by Gasteiger charge is 2.31. The summed E-state index contributed by atoms with van der Waals surface area (Å²) in [5.41, 5.74) is 0. The Hall–Kier alpha value is -1.14. The first-order chi connectivity index (χ1) is 10.2. The Morgan fingerprint density at radius 2 is 2.05 bits per heavy atom. The minimum Gasteiger partial charge on any atom is -0.380 e. The molecule has 120 valence electrons. The number of likely N-dealkylation sites (tertiary alicyclic amines) is 1. The zero-order valence-electron chi connectivity index (χ0n) is 13.0. The van der Waals surface area contributed by atoms with E-state index < -0.39 is 0 Å². The maximum Gasteiger partial charge on any atom is 0.240 e. The van der Waals surface area contributed by atoms with Gasteiger partial charge in [-0.2, -0.15) is 0 Å². The average molecular weight is 297 g/mol. The lowest BCUT2D eigenvalue weighted by molar-refractivity contribution is -0.141. The van der Waals surface area contributed by atoms with E-state index in [0.29, 0.717) is 26.3 Å². The number of hydrogen-bond acceptors (Lipinski definition) is 4. The molecule has 2 fully saturated rings. The topological polar surface area (TPSA) is 61.9 Å². The van der Waals surface area contributed by atoms with Crippen LogP contribution >= 0.6 is 0 Å². The molecule has 1 atom stereocenters. The van der Waals surface area contributed by atoms with Crippen LogP contribution in [-0.2, 0) is 14.3 Å². The minimum absolute atomic E-state index is 0.0336. The van der Waals surface area contributed by atoms with Crippen molar-refractivity contribution in [3.8, 4) is 0 Å². The fraction of sp³-hybridized carbons (Fsp3) is 0.867. The van der Waals surface area contributed by atoms with Crippen molar-refractivity contribution in [1.82, 2.24) is 15.1 Å². The van der Waals surface area contributed by atoms with Gasteiger partial charge in [-0.25, -0.2) is 0 Å². The van der Waals surface area contributed by atoms with E-state index in [-0.39, 0.29) is 24.3 Å². The highest BCUT2D eigenvalue weighted by atomic mass is 16.5. The van der Waals surface area contributed by atoms with E-state index in [9.17, 15) is 9.59 Å². The van der Waals surface area contributed by atoms with Gasteiger partial charge in [-0.3, -0.25) is 9.59 Å². The number of piperazine rings is 1. The van der Waals surface area contributed by atoms with Crippen LogP contribution < -0.4 is 5.32 Å². The smallest absolute Gasteiger partial charge is 0.240 e. The van der Waals surface area contributed by atoms with Gasteiger partial charge < -0.3 is 19.9 Å². The van der Waals surface area contributed by atoms with Gasteiger partial charge in [0.25, 0.3) is 0 Å². The summed E-state index contributed by atoms with van der Waals surface area (Å²) in [4.78, 5) is 28.4. The van der Waals surface area contributed by atoms with Crippen LogP contribution in [0.4, 0.5) is 0 Å². The van der Waals surface area contributed by atoms with E-state index >= 15 is 0 Å². The molecule has 0 aromatic heterocycles. The molecule has 2 amide bonds. The van der Waals surface area contributed by atoms with E-state index in [2.05, 4.69) is 5.32 Å². The molecule has 1 unspecified atom stereocenters. The molecule has 2 aliphatic rings. The number of carbonyl (C=O) groups excluding carboxylic acids is 2. The van der Waals surface area contributed by atoms with E-state index in [1.54, 1.807) is 4.90 Å². The fourth-order valence-electron chi connectivity index (χ4n) is 2.94. The summed E-state index contributed by atoms with van der Waals surface area (Å²) >= 11 is 0. The number of nitrogens with zero attached hydrogens (tertiary/aromatic N) is 2. The third-order valence-electron chi connectivity index (χ3n) is 4.18. The average Bonchev–Trinajstić information content (AvgIpc) is 2.52. The summed E-state index contributed by atoms with van der Waals surface area (Å²) in [6.07, 6.45) is 3.65. The number of ether oxygens (including phenoxy) is 1. The van der Waals surface area contributed by atoms with Crippen LogP contribution in [0.15, 0.2) is 0 Å². The standard InChI is InChI=1S/C15H27N3O3/c1-2-21-11-10-18-9-6-16-13(15(18)20)12-14(19)17-7-4-3-5-8-17/h13,16H,2-12H2,1H3. The van der Waals surface area contributed by atoms with Crippen LogP contribution in [0.2, 0.25) is 0 Å². The van der Waals surface area contributed by atoms with E-state index in [1.165, 1.54) is 6.42 Å². The molecule has 2 aliphatic heterocycles. The largest absolute Gasteiger partial charge is 0.380 e. The van der Waals surface area contributed by atoms with Crippen LogP contribution in [0.25, 0.3) is 0 Å². The molecular formula is C15H27N3O3. The van der Waals surface area contributed by atoms with E-state index in [4.69, 9.17) is 4.74 Å². The summed E-state index contributed by atoms with van der Waals surface area (Å²) in [5, 5.41) is 3.18. The zero-order valence-corrected chi connectivity index (χ0v) is 13.0. The fourth-order valence-corrected chi connectivity index (χ4v) is 2.94. The van der Waals surface area contributed by atoms with Crippen molar-refractivity contribution >= 4 is 11.8 Å². The molecule has 0 saturated carbocycles. The van der Waals surface area contributed by atoms with Crippen molar-refractivity contribution in [2.75, 3.05) is 45.9 Å². The number of carbonyl (C=O) groups is 2. The van der Waals surface area contributed by atoms with Gasteiger partial charge in [0, 0.05) is 39.3 Å². The van der Waals surface area contributed by atoms with Crippen molar-refractivity contribution in [3.05, 3.63) is 0 Å². The van der Waals surface area contributed by atoms with E-state index in [0.717, 1.165) is 32.5 Å². The third kappa shape index (κ3) is 4.68. The van der Waals surface area contributed by atoms with Gasteiger partial charge in [0.05, 0.1) is 19.1 Å². The normalized spacial score (nSPS) is 23.5. The second-order valence-corrected chi connectivity index (χ2v) is 5.67. The molecule has 21 heavy (non-hydrogen) atoms. The number of rotatable bonds is 6. The molecule has 6 heteroatoms. The Balaban J connectivity index is 1.81. The Morgan fingerprint density at radius 3 is 2.76 bits per heavy atom. The Morgan fingerprint density at radius 1 is 1.29 bits per heavy atom. The van der Waals surface area contributed by atoms with Crippen molar-refractivity contribution in [3.63, 3.8) is 0 Å². The molecule has 0 radical (unpaired) electrons. The summed E-state index contributed by atoms with van der Waals surface area (Å²) in [5.74, 6) is 0.138. The quantitative estimate of drug-likeness (QED) is 0.713. The lowest BCUT2D eigenvalue weighted by Gasteiger charge is -2.34. The van der Waals surface area contributed by atoms with Gasteiger partial charge in [0.15, 0.2) is 0 Å². The summed E-state index contributed by atoms with van der Waals surface area (Å²) in [7, 11) is 0. The summed E-state index contributed by atoms with van der Waals surface area (Å²) in [6.45, 7) is 6.91. The molecule has 1 N–H and O–H groups in total. The van der Waals surface area contributed by atoms with Crippen LogP contribution in [-0.4, -0.2) is 73.6 Å². The highest BCUT2D eigenvalue weighted by Crippen LogP contribution is 2.12. The van der Waals surface area contributed by atoms with Gasteiger partial charge in [0.2, 0.25) is 11.8 Å². The lowest BCUT2D eigenvalue weighted by atomic mass is 10.1. The Kier molecular flexibility index (Phi) is 6.45. The van der Waals surface area contributed by atoms with Gasteiger partial charge >= 0.3 is 0 Å². The first-order valence-corrected chi connectivity index (χ1v) is 8.10. The summed E-state index contributed by atoms with van der Waals surface area (Å²) in [6, 6.07) is -0.366. The van der Waals surface area contributed by atoms with Crippen molar-refractivity contribution < 1.29 is 14.3 Å². The molecule has 0 spiro atoms. The maximum absolute atomic E-state index is 12.4. The van der Waals surface area contributed by atoms with Gasteiger partial charge in [-0.15, -0.1) is 0 Å². The van der Waals surface area contributed by atoms with Gasteiger partial charge in [-0.05, 0) is 26.2 Å². The molecule has 0 aliphatic carbocycles. The van der Waals surface area contributed by atoms with E-state index in [1.807, 2.05) is 11.8 Å². The van der Waals surface area contributed by atoms with Crippen LogP contribution in [0.5, 0.6) is 0 Å². The monoisotopic (exact) mass is 297 g/mol. The number of amides is 2. The molecule has 6 nitrogen and oxygen atoms in total. The van der Waals surface area contributed by atoms with Gasteiger partial charge in [-0.1, -0.05) is 0 Å². The lowest BCUT2D eigenvalue weighted by Crippen LogP contribution is -2.57. The van der Waals surface area contributed by atoms with Crippen LogP contribution in [0, 0.1) is 0 Å². The number of piperidine rings is 1. The van der Waals surface area contributed by atoms with Crippen LogP contribution in [0.1, 0.15) is 32.6 Å². The number of nitrogens with one attached hydrogen (secondary N) is 1. The molecule has 0 aromatic rings. The number of hydrogen-bond donors (Lipinski definition) is 1. The maximum atomic E-state index is 12.4. The second-order valence-electron chi connectivity index (χ2n) is 5.67.